The zero-order chi connectivity index (χ0) is 20.3. The average Bonchev–Trinajstić information content (AvgIpc) is 3.00. The Morgan fingerprint density at radius 1 is 1.25 bits per heavy atom. The predicted molar refractivity (Wildman–Crippen MR) is 102 cm³/mol. The Morgan fingerprint density at radius 2 is 2.00 bits per heavy atom. The van der Waals surface area contributed by atoms with Crippen molar-refractivity contribution in [3.8, 4) is 11.3 Å². The number of nitrogens with one attached hydrogen (secondary N) is 2. The molecule has 4 N–H and O–H groups in total. The monoisotopic (exact) mass is 402 g/mol. The van der Waals surface area contributed by atoms with Crippen molar-refractivity contribution in [1.82, 2.24) is 10.5 Å². The molecule has 3 aromatic rings. The molecule has 144 valence electrons. The molecule has 0 bridgehead atoms. The van der Waals surface area contributed by atoms with Crippen LogP contribution in [-0.2, 0) is 6.54 Å². The van der Waals surface area contributed by atoms with Gasteiger partial charge in [-0.3, -0.25) is 4.79 Å². The first-order chi connectivity index (χ1) is 13.4. The predicted octanol–water partition coefficient (Wildman–Crippen LogP) is 3.86. The molecule has 0 fully saturated rings. The van der Waals surface area contributed by atoms with Gasteiger partial charge in [0.05, 0.1) is 10.6 Å². The van der Waals surface area contributed by atoms with E-state index >= 15 is 0 Å². The number of nitrogens with zero attached hydrogens (tertiary/aromatic N) is 1. The van der Waals surface area contributed by atoms with Crippen LogP contribution >= 0.6 is 11.6 Å². The maximum atomic E-state index is 14.2. The molecule has 0 unspecified atom stereocenters. The molecule has 9 heteroatoms. The number of halogens is 2. The van der Waals surface area contributed by atoms with Crippen molar-refractivity contribution in [1.29, 1.82) is 0 Å². The Labute approximate surface area is 164 Å². The number of nitrogens with two attached hydrogens (primary N) is 1. The first-order valence-corrected chi connectivity index (χ1v) is 8.59. The van der Waals surface area contributed by atoms with Gasteiger partial charge in [0.2, 0.25) is 0 Å². The van der Waals surface area contributed by atoms with Crippen LogP contribution in [-0.4, -0.2) is 17.1 Å². The number of amides is 3. The molecule has 7 nitrogen and oxygen atoms in total. The second kappa shape index (κ2) is 8.10. The van der Waals surface area contributed by atoms with Gasteiger partial charge < -0.3 is 20.9 Å². The highest BCUT2D eigenvalue weighted by Crippen LogP contribution is 2.33. The normalized spacial score (nSPS) is 10.5. The van der Waals surface area contributed by atoms with Crippen molar-refractivity contribution in [3.63, 3.8) is 0 Å². The third kappa shape index (κ3) is 4.12. The second-order valence-electron chi connectivity index (χ2n) is 5.93. The zero-order valence-electron chi connectivity index (χ0n) is 14.8. The zero-order valence-corrected chi connectivity index (χ0v) is 15.5. The largest absolute Gasteiger partial charge is 0.360 e. The van der Waals surface area contributed by atoms with Gasteiger partial charge in [0, 0.05) is 12.2 Å². The Morgan fingerprint density at radius 3 is 2.71 bits per heavy atom. The Kier molecular flexibility index (Phi) is 5.60. The molecule has 0 atom stereocenters. The third-order valence-electron chi connectivity index (χ3n) is 3.94. The summed E-state index contributed by atoms with van der Waals surface area (Å²) in [5, 5.41) is 9.11. The Balaban J connectivity index is 1.83. The lowest BCUT2D eigenvalue weighted by Crippen LogP contribution is -2.24. The van der Waals surface area contributed by atoms with E-state index in [0.29, 0.717) is 5.69 Å². The molecule has 0 spiro atoms. The summed E-state index contributed by atoms with van der Waals surface area (Å²) in [6, 6.07) is 10.3. The van der Waals surface area contributed by atoms with Crippen LogP contribution in [0.3, 0.4) is 0 Å². The smallest absolute Gasteiger partial charge is 0.316 e. The summed E-state index contributed by atoms with van der Waals surface area (Å²) in [6.07, 6.45) is 0. The number of urea groups is 1. The molecule has 0 saturated heterocycles. The maximum Gasteiger partial charge on any atom is 0.316 e. The lowest BCUT2D eigenvalue weighted by atomic mass is 10.0. The summed E-state index contributed by atoms with van der Waals surface area (Å²) < 4.78 is 19.3. The summed E-state index contributed by atoms with van der Waals surface area (Å²) in [6.45, 7) is 1.71. The van der Waals surface area contributed by atoms with Gasteiger partial charge in [-0.2, -0.15) is 0 Å². The maximum absolute atomic E-state index is 14.2. The topological polar surface area (TPSA) is 110 Å². The van der Waals surface area contributed by atoms with Crippen molar-refractivity contribution in [2.24, 2.45) is 5.73 Å². The minimum Gasteiger partial charge on any atom is -0.360 e. The van der Waals surface area contributed by atoms with E-state index in [1.807, 2.05) is 0 Å². The summed E-state index contributed by atoms with van der Waals surface area (Å²) >= 11 is 6.08. The molecular weight excluding hydrogens is 387 g/mol. The second-order valence-corrected chi connectivity index (χ2v) is 6.34. The SMILES string of the molecule is Cc1onc(-c2c(F)cccc2Cl)c1C(=O)NCc1cccc(NC(N)=O)c1. The van der Waals surface area contributed by atoms with Crippen LogP contribution in [0.5, 0.6) is 0 Å². The van der Waals surface area contributed by atoms with Crippen LogP contribution in [0.4, 0.5) is 14.9 Å². The number of carbonyl (C=O) groups excluding carboxylic acids is 2. The van der Waals surface area contributed by atoms with Crippen molar-refractivity contribution >= 4 is 29.2 Å². The highest BCUT2D eigenvalue weighted by atomic mass is 35.5. The van der Waals surface area contributed by atoms with Gasteiger partial charge >= 0.3 is 6.03 Å². The number of carbonyl (C=O) groups is 2. The molecular formula is C19H16ClFN4O3. The average molecular weight is 403 g/mol. The summed E-state index contributed by atoms with van der Waals surface area (Å²) in [4.78, 5) is 23.7. The quantitative estimate of drug-likeness (QED) is 0.601. The number of aryl methyl sites for hydroxylation is 1. The number of rotatable bonds is 5. The van der Waals surface area contributed by atoms with Crippen LogP contribution in [0.15, 0.2) is 47.0 Å². The molecule has 0 aliphatic rings. The summed E-state index contributed by atoms with van der Waals surface area (Å²) in [5.41, 5.74) is 6.44. The molecule has 0 saturated carbocycles. The van der Waals surface area contributed by atoms with Gasteiger partial charge in [0.1, 0.15) is 22.8 Å². The molecule has 1 heterocycles. The van der Waals surface area contributed by atoms with Crippen LogP contribution in [0.2, 0.25) is 5.02 Å². The van der Waals surface area contributed by atoms with Crippen LogP contribution < -0.4 is 16.4 Å². The minimum absolute atomic E-state index is 0.00109. The fraction of sp³-hybridized carbons (Fsp3) is 0.105. The van der Waals surface area contributed by atoms with Crippen LogP contribution in [0.25, 0.3) is 11.3 Å². The first kappa shape index (κ1) is 19.4. The lowest BCUT2D eigenvalue weighted by molar-refractivity contribution is 0.0950. The standard InChI is InChI=1S/C19H16ClFN4O3/c1-10-15(17(25-28-10)16-13(20)6-3-7-14(16)21)18(26)23-9-11-4-2-5-12(8-11)24-19(22)27/h2-8H,9H2,1H3,(H,23,26)(H3,22,24,27). The summed E-state index contributed by atoms with van der Waals surface area (Å²) in [5.74, 6) is -0.877. The van der Waals surface area contributed by atoms with Crippen molar-refractivity contribution in [2.45, 2.75) is 13.5 Å². The molecule has 1 aromatic heterocycles. The lowest BCUT2D eigenvalue weighted by Gasteiger charge is -2.09. The van der Waals surface area contributed by atoms with Crippen molar-refractivity contribution in [3.05, 3.63) is 70.2 Å². The third-order valence-corrected chi connectivity index (χ3v) is 4.25. The number of aromatic nitrogens is 1. The van der Waals surface area contributed by atoms with E-state index in [9.17, 15) is 14.0 Å². The van der Waals surface area contributed by atoms with Gasteiger partial charge in [0.25, 0.3) is 5.91 Å². The van der Waals surface area contributed by atoms with Crippen LogP contribution in [0, 0.1) is 12.7 Å². The number of primary amides is 1. The highest BCUT2D eigenvalue weighted by molar-refractivity contribution is 6.33. The highest BCUT2D eigenvalue weighted by Gasteiger charge is 2.25. The Hall–Kier alpha value is -3.39. The first-order valence-electron chi connectivity index (χ1n) is 8.21. The molecule has 0 aliphatic carbocycles. The molecule has 0 radical (unpaired) electrons. The van der Waals surface area contributed by atoms with Crippen molar-refractivity contribution < 1.29 is 18.5 Å². The molecule has 3 rings (SSSR count). The van der Waals surface area contributed by atoms with Crippen molar-refractivity contribution in [2.75, 3.05) is 5.32 Å². The number of hydrogen-bond acceptors (Lipinski definition) is 4. The van der Waals surface area contributed by atoms with Crippen LogP contribution in [0.1, 0.15) is 21.7 Å². The molecule has 28 heavy (non-hydrogen) atoms. The van der Waals surface area contributed by atoms with Gasteiger partial charge in [-0.15, -0.1) is 0 Å². The van der Waals surface area contributed by atoms with Gasteiger partial charge in [-0.1, -0.05) is 35.0 Å². The Bertz CT molecular complexity index is 1030. The van der Waals surface area contributed by atoms with E-state index in [4.69, 9.17) is 21.9 Å². The molecule has 2 aromatic carbocycles. The van der Waals surface area contributed by atoms with Gasteiger partial charge in [0.15, 0.2) is 0 Å². The van der Waals surface area contributed by atoms with E-state index in [0.717, 1.165) is 5.56 Å². The number of benzene rings is 2. The van der Waals surface area contributed by atoms with Gasteiger partial charge in [-0.25, -0.2) is 9.18 Å². The number of hydrogen-bond donors (Lipinski definition) is 3. The molecule has 3 amide bonds. The fourth-order valence-electron chi connectivity index (χ4n) is 2.71. The van der Waals surface area contributed by atoms with E-state index in [1.54, 1.807) is 31.2 Å². The minimum atomic E-state index is -0.687. The van der Waals surface area contributed by atoms with E-state index in [2.05, 4.69) is 15.8 Å². The molecule has 0 aliphatic heterocycles. The number of anilines is 1. The fourth-order valence-corrected chi connectivity index (χ4v) is 2.96. The van der Waals surface area contributed by atoms with E-state index < -0.39 is 17.8 Å². The van der Waals surface area contributed by atoms with Gasteiger partial charge in [-0.05, 0) is 36.8 Å². The van der Waals surface area contributed by atoms with E-state index in [-0.39, 0.29) is 34.1 Å². The summed E-state index contributed by atoms with van der Waals surface area (Å²) in [7, 11) is 0. The van der Waals surface area contributed by atoms with E-state index in [1.165, 1.54) is 18.2 Å².